The number of hydrogen-bond donors (Lipinski definition) is 2. The number of halogens is 2. The molecule has 3 rings (SSSR count). The van der Waals surface area contributed by atoms with Crippen LogP contribution in [0.2, 0.25) is 11.8 Å². The SMILES string of the molecule is CB(O)N1CCN2C(=O)c3cc(O)c(Br)c(Cl)c3OC[C@H]2C1. The Labute approximate surface area is 141 Å². The van der Waals surface area contributed by atoms with Crippen LogP contribution in [0, 0.1) is 0 Å². The molecule has 1 aromatic carbocycles. The Morgan fingerprint density at radius 2 is 2.23 bits per heavy atom. The summed E-state index contributed by atoms with van der Waals surface area (Å²) in [7, 11) is -0.565. The number of nitrogens with zero attached hydrogens (tertiary/aromatic N) is 2. The van der Waals surface area contributed by atoms with Gasteiger partial charge in [-0.05, 0) is 28.8 Å². The van der Waals surface area contributed by atoms with E-state index < -0.39 is 7.05 Å². The van der Waals surface area contributed by atoms with Gasteiger partial charge in [-0.1, -0.05) is 11.6 Å². The fourth-order valence-corrected chi connectivity index (χ4v) is 3.41. The molecular weight excluding hydrogens is 374 g/mol. The van der Waals surface area contributed by atoms with Gasteiger partial charge in [-0.15, -0.1) is 0 Å². The summed E-state index contributed by atoms with van der Waals surface area (Å²) in [6.45, 7) is 3.61. The van der Waals surface area contributed by atoms with Crippen LogP contribution in [-0.2, 0) is 0 Å². The van der Waals surface area contributed by atoms with Gasteiger partial charge in [0.1, 0.15) is 17.4 Å². The first-order chi connectivity index (χ1) is 10.4. The number of phenolic OH excluding ortho intramolecular Hbond substituents is 1. The number of ether oxygens (including phenoxy) is 1. The maximum Gasteiger partial charge on any atom is 0.376 e. The average molecular weight is 389 g/mol. The molecule has 2 aliphatic rings. The molecule has 0 bridgehead atoms. The zero-order valence-corrected chi connectivity index (χ0v) is 14.3. The van der Waals surface area contributed by atoms with Crippen molar-refractivity contribution in [3.63, 3.8) is 0 Å². The lowest BCUT2D eigenvalue weighted by Gasteiger charge is -2.40. The van der Waals surface area contributed by atoms with Gasteiger partial charge in [-0.2, -0.15) is 0 Å². The Hall–Kier alpha value is -0.955. The smallest absolute Gasteiger partial charge is 0.376 e. The van der Waals surface area contributed by atoms with Crippen molar-refractivity contribution < 1.29 is 19.7 Å². The Balaban J connectivity index is 1.97. The van der Waals surface area contributed by atoms with Crippen molar-refractivity contribution >= 4 is 40.5 Å². The summed E-state index contributed by atoms with van der Waals surface area (Å²) >= 11 is 9.36. The highest BCUT2D eigenvalue weighted by Crippen LogP contribution is 2.43. The van der Waals surface area contributed by atoms with Gasteiger partial charge < -0.3 is 24.6 Å². The van der Waals surface area contributed by atoms with E-state index in [0.717, 1.165) is 0 Å². The van der Waals surface area contributed by atoms with Gasteiger partial charge in [-0.3, -0.25) is 4.79 Å². The van der Waals surface area contributed by atoms with Crippen molar-refractivity contribution in [1.82, 2.24) is 9.71 Å². The number of phenols is 1. The summed E-state index contributed by atoms with van der Waals surface area (Å²) < 4.78 is 6.05. The number of hydrogen-bond acceptors (Lipinski definition) is 5. The topological polar surface area (TPSA) is 73.2 Å². The molecule has 1 amide bonds. The minimum absolute atomic E-state index is 0.0956. The van der Waals surface area contributed by atoms with Crippen LogP contribution in [0.15, 0.2) is 10.5 Å². The number of carbonyl (C=O) groups is 1. The number of aromatic hydroxyl groups is 1. The third-order valence-corrected chi connectivity index (χ3v) is 5.49. The number of benzene rings is 1. The molecule has 6 nitrogen and oxygen atoms in total. The van der Waals surface area contributed by atoms with Crippen LogP contribution in [0.4, 0.5) is 0 Å². The molecule has 0 aliphatic carbocycles. The van der Waals surface area contributed by atoms with Crippen LogP contribution in [0.1, 0.15) is 10.4 Å². The Kier molecular flexibility index (Phi) is 4.28. The van der Waals surface area contributed by atoms with E-state index in [-0.39, 0.29) is 34.0 Å². The molecule has 0 unspecified atom stereocenters. The molecule has 0 radical (unpaired) electrons. The summed E-state index contributed by atoms with van der Waals surface area (Å²) in [4.78, 5) is 16.4. The molecular formula is C13H15BBrClN2O4. The van der Waals surface area contributed by atoms with Crippen LogP contribution in [-0.4, -0.2) is 65.1 Å². The zero-order valence-electron chi connectivity index (χ0n) is 11.9. The van der Waals surface area contributed by atoms with Gasteiger partial charge in [0.2, 0.25) is 0 Å². The fourth-order valence-electron chi connectivity index (χ4n) is 2.86. The number of carbonyl (C=O) groups excluding carboxylic acids is 1. The molecule has 2 heterocycles. The highest BCUT2D eigenvalue weighted by atomic mass is 79.9. The van der Waals surface area contributed by atoms with Crippen molar-refractivity contribution in [2.45, 2.75) is 12.9 Å². The monoisotopic (exact) mass is 388 g/mol. The number of fused-ring (bicyclic) bond motifs is 2. The largest absolute Gasteiger partial charge is 0.507 e. The van der Waals surface area contributed by atoms with Crippen molar-refractivity contribution in [2.24, 2.45) is 0 Å². The fraction of sp³-hybridized carbons (Fsp3) is 0.462. The van der Waals surface area contributed by atoms with E-state index in [9.17, 15) is 14.9 Å². The summed E-state index contributed by atoms with van der Waals surface area (Å²) in [5, 5.41) is 19.8. The molecule has 1 aromatic rings. The van der Waals surface area contributed by atoms with Crippen molar-refractivity contribution in [2.75, 3.05) is 26.2 Å². The van der Waals surface area contributed by atoms with Crippen molar-refractivity contribution in [3.05, 3.63) is 21.1 Å². The Morgan fingerprint density at radius 3 is 2.91 bits per heavy atom. The highest BCUT2D eigenvalue weighted by Gasteiger charge is 2.38. The van der Waals surface area contributed by atoms with E-state index in [1.54, 1.807) is 11.7 Å². The van der Waals surface area contributed by atoms with E-state index in [0.29, 0.717) is 30.7 Å². The van der Waals surface area contributed by atoms with Crippen molar-refractivity contribution in [1.29, 1.82) is 0 Å². The zero-order chi connectivity index (χ0) is 16.0. The summed E-state index contributed by atoms with van der Waals surface area (Å²) in [6, 6.07) is 1.21. The van der Waals surface area contributed by atoms with Crippen LogP contribution >= 0.6 is 27.5 Å². The number of piperazine rings is 1. The molecule has 22 heavy (non-hydrogen) atoms. The molecule has 0 aromatic heterocycles. The summed E-state index contributed by atoms with van der Waals surface area (Å²) in [6.07, 6.45) is 0. The third-order valence-electron chi connectivity index (χ3n) is 4.10. The lowest BCUT2D eigenvalue weighted by Crippen LogP contribution is -2.59. The van der Waals surface area contributed by atoms with Gasteiger partial charge in [-0.25, -0.2) is 0 Å². The molecule has 9 heteroatoms. The van der Waals surface area contributed by atoms with Crippen molar-refractivity contribution in [3.8, 4) is 11.5 Å². The minimum atomic E-state index is -0.565. The first-order valence-corrected chi connectivity index (χ1v) is 8.14. The average Bonchev–Trinajstić information content (AvgIpc) is 2.63. The second kappa shape index (κ2) is 5.92. The van der Waals surface area contributed by atoms with E-state index in [1.807, 2.05) is 4.81 Å². The predicted molar refractivity (Wildman–Crippen MR) is 86.5 cm³/mol. The molecule has 118 valence electrons. The van der Waals surface area contributed by atoms with Crippen LogP contribution in [0.5, 0.6) is 11.5 Å². The van der Waals surface area contributed by atoms with Gasteiger partial charge in [0.15, 0.2) is 5.75 Å². The first kappa shape index (κ1) is 15.9. The summed E-state index contributed by atoms with van der Waals surface area (Å²) in [5.74, 6) is -0.0245. The maximum atomic E-state index is 12.7. The molecule has 1 saturated heterocycles. The quantitative estimate of drug-likeness (QED) is 0.711. The molecule has 0 saturated carbocycles. The standard InChI is InChI=1S/C13H15BBrClN2O4/c1-14(21)17-2-3-18-7(5-17)6-22-12-8(13(18)20)4-9(19)10(15)11(12)16/h4,7,19,21H,2-3,5-6H2,1H3/t7-/m1/s1. The minimum Gasteiger partial charge on any atom is -0.507 e. The maximum absolute atomic E-state index is 12.7. The van der Waals surface area contributed by atoms with E-state index in [4.69, 9.17) is 16.3 Å². The summed E-state index contributed by atoms with van der Waals surface area (Å²) in [5.41, 5.74) is 0.263. The normalized spacial score (nSPS) is 21.7. The van der Waals surface area contributed by atoms with Crippen LogP contribution < -0.4 is 4.74 Å². The molecule has 2 aliphatic heterocycles. The third kappa shape index (κ3) is 2.58. The molecule has 1 fully saturated rings. The molecule has 1 atom stereocenters. The number of amides is 1. The van der Waals surface area contributed by atoms with Gasteiger partial charge in [0, 0.05) is 19.6 Å². The van der Waals surface area contributed by atoms with Gasteiger partial charge in [0.25, 0.3) is 5.91 Å². The molecule has 0 spiro atoms. The second-order valence-corrected chi connectivity index (χ2v) is 6.66. The Bertz CT molecular complexity index is 631. The second-order valence-electron chi connectivity index (χ2n) is 5.49. The Morgan fingerprint density at radius 1 is 1.50 bits per heavy atom. The predicted octanol–water partition coefficient (Wildman–Crippen LogP) is 1.44. The first-order valence-electron chi connectivity index (χ1n) is 6.97. The van der Waals surface area contributed by atoms with Gasteiger partial charge >= 0.3 is 7.05 Å². The molecule has 2 N–H and O–H groups in total. The van der Waals surface area contributed by atoms with E-state index in [2.05, 4.69) is 15.9 Å². The lowest BCUT2D eigenvalue weighted by molar-refractivity contribution is 0.0497. The van der Waals surface area contributed by atoms with E-state index in [1.165, 1.54) is 6.07 Å². The van der Waals surface area contributed by atoms with Gasteiger partial charge in [0.05, 0.1) is 16.1 Å². The van der Waals surface area contributed by atoms with E-state index >= 15 is 0 Å². The highest BCUT2D eigenvalue weighted by molar-refractivity contribution is 9.10. The lowest BCUT2D eigenvalue weighted by atomic mass is 9.83. The number of rotatable bonds is 1. The van der Waals surface area contributed by atoms with Crippen LogP contribution in [0.25, 0.3) is 0 Å². The van der Waals surface area contributed by atoms with Crippen LogP contribution in [0.3, 0.4) is 0 Å².